The Balaban J connectivity index is 2.24. The van der Waals surface area contributed by atoms with Gasteiger partial charge in [-0.15, -0.1) is 0 Å². The highest BCUT2D eigenvalue weighted by Gasteiger charge is 2.34. The maximum absolute atomic E-state index is 13.5. The number of pyridine rings is 1. The van der Waals surface area contributed by atoms with Crippen molar-refractivity contribution in [1.82, 2.24) is 9.55 Å². The Morgan fingerprint density at radius 1 is 1.23 bits per heavy atom. The predicted molar refractivity (Wildman–Crippen MR) is 110 cm³/mol. The van der Waals surface area contributed by atoms with Gasteiger partial charge in [0.05, 0.1) is 24.8 Å². The van der Waals surface area contributed by atoms with Crippen LogP contribution in [0, 0.1) is 20.4 Å². The van der Waals surface area contributed by atoms with Gasteiger partial charge < -0.3 is 9.30 Å². The van der Waals surface area contributed by atoms with E-state index >= 15 is 0 Å². The van der Waals surface area contributed by atoms with Crippen molar-refractivity contribution in [2.24, 2.45) is 0 Å². The van der Waals surface area contributed by atoms with Gasteiger partial charge in [0.15, 0.2) is 5.69 Å². The number of carbonyl (C=O) groups is 1. The first kappa shape index (κ1) is 22.4. The number of hydrogen-bond acceptors (Lipinski definition) is 3. The molecular weight excluding hydrogens is 431 g/mol. The Hall–Kier alpha value is -3.31. The number of rotatable bonds is 4. The molecule has 0 aliphatic heterocycles. The Morgan fingerprint density at radius 3 is 2.48 bits per heavy atom. The molecule has 0 atom stereocenters. The van der Waals surface area contributed by atoms with Crippen molar-refractivity contribution >= 4 is 23.3 Å². The van der Waals surface area contributed by atoms with Gasteiger partial charge in [-0.2, -0.15) is 13.2 Å². The molecule has 3 rings (SSSR count). The van der Waals surface area contributed by atoms with Gasteiger partial charge in [-0.25, -0.2) is 14.6 Å². The van der Waals surface area contributed by atoms with E-state index in [2.05, 4.69) is 9.83 Å². The smallest absolute Gasteiger partial charge is 0.407 e. The fourth-order valence-electron chi connectivity index (χ4n) is 3.52. The van der Waals surface area contributed by atoms with Crippen LogP contribution < -0.4 is 0 Å². The summed E-state index contributed by atoms with van der Waals surface area (Å²) in [4.78, 5) is 19.6. The lowest BCUT2D eigenvalue weighted by molar-refractivity contribution is -0.136. The van der Waals surface area contributed by atoms with Crippen LogP contribution in [0.4, 0.5) is 18.9 Å². The summed E-state index contributed by atoms with van der Waals surface area (Å²) in [5.74, 6) is -0.661. The first-order valence-electron chi connectivity index (χ1n) is 9.06. The van der Waals surface area contributed by atoms with Gasteiger partial charge in [0, 0.05) is 29.7 Å². The maximum atomic E-state index is 13.5. The molecule has 0 spiro atoms. The number of benzene rings is 1. The average molecular weight is 448 g/mol. The molecule has 1 aromatic carbocycles. The van der Waals surface area contributed by atoms with Crippen molar-refractivity contribution in [2.45, 2.75) is 26.6 Å². The topological polar surface area (TPSA) is 48.5 Å². The molecule has 0 amide bonds. The van der Waals surface area contributed by atoms with Crippen molar-refractivity contribution in [3.63, 3.8) is 0 Å². The van der Waals surface area contributed by atoms with E-state index in [0.29, 0.717) is 28.6 Å². The minimum Gasteiger partial charge on any atom is -0.465 e. The number of alkyl halides is 3. The lowest BCUT2D eigenvalue weighted by atomic mass is 9.97. The quantitative estimate of drug-likeness (QED) is 0.271. The summed E-state index contributed by atoms with van der Waals surface area (Å²) < 4.78 is 47.2. The molecule has 5 nitrogen and oxygen atoms in total. The fourth-order valence-corrected chi connectivity index (χ4v) is 3.64. The summed E-state index contributed by atoms with van der Waals surface area (Å²) >= 11 is 5.83. The van der Waals surface area contributed by atoms with Crippen LogP contribution in [0.1, 0.15) is 32.9 Å². The van der Waals surface area contributed by atoms with Crippen molar-refractivity contribution in [2.75, 3.05) is 7.11 Å². The van der Waals surface area contributed by atoms with Gasteiger partial charge in [-0.1, -0.05) is 35.9 Å². The number of methoxy groups -OCH3 is 1. The third-order valence-corrected chi connectivity index (χ3v) is 5.24. The molecular formula is C22H17ClF3N3O2. The molecule has 0 radical (unpaired) electrons. The van der Waals surface area contributed by atoms with Crippen LogP contribution in [0.15, 0.2) is 36.5 Å². The Morgan fingerprint density at radius 2 is 1.94 bits per heavy atom. The third-order valence-electron chi connectivity index (χ3n) is 5.01. The molecule has 2 heterocycles. The number of hydrogen-bond donors (Lipinski definition) is 0. The van der Waals surface area contributed by atoms with Gasteiger partial charge in [-0.05, 0) is 31.0 Å². The highest BCUT2D eigenvalue weighted by atomic mass is 35.5. The molecule has 0 saturated carbocycles. The van der Waals surface area contributed by atoms with Crippen LogP contribution in [0.25, 0.3) is 16.0 Å². The van der Waals surface area contributed by atoms with E-state index in [1.54, 1.807) is 32.2 Å². The Kier molecular flexibility index (Phi) is 6.09. The van der Waals surface area contributed by atoms with Gasteiger partial charge >= 0.3 is 12.1 Å². The van der Waals surface area contributed by atoms with Gasteiger partial charge in [0.2, 0.25) is 0 Å². The number of aromatic nitrogens is 2. The molecule has 0 saturated heterocycles. The average Bonchev–Trinajstić information content (AvgIpc) is 2.98. The highest BCUT2D eigenvalue weighted by Crippen LogP contribution is 2.41. The number of halogens is 4. The highest BCUT2D eigenvalue weighted by molar-refractivity contribution is 6.29. The van der Waals surface area contributed by atoms with Gasteiger partial charge in [0.1, 0.15) is 5.15 Å². The van der Waals surface area contributed by atoms with Crippen LogP contribution in [-0.2, 0) is 17.5 Å². The summed E-state index contributed by atoms with van der Waals surface area (Å²) in [6, 6.07) is 6.83. The second kappa shape index (κ2) is 8.44. The molecule has 0 aliphatic rings. The number of esters is 1. The summed E-state index contributed by atoms with van der Waals surface area (Å²) in [7, 11) is 1.21. The molecule has 0 aliphatic carbocycles. The third kappa shape index (κ3) is 4.28. The fraction of sp³-hybridized carbons (Fsp3) is 0.227. The lowest BCUT2D eigenvalue weighted by Crippen LogP contribution is -2.07. The summed E-state index contributed by atoms with van der Waals surface area (Å²) in [6.45, 7) is 10.8. The maximum Gasteiger partial charge on any atom is 0.407 e. The molecule has 9 heteroatoms. The van der Waals surface area contributed by atoms with Crippen molar-refractivity contribution < 1.29 is 22.7 Å². The van der Waals surface area contributed by atoms with Crippen LogP contribution in [0.3, 0.4) is 0 Å². The summed E-state index contributed by atoms with van der Waals surface area (Å²) in [6.07, 6.45) is -3.12. The molecule has 0 bridgehead atoms. The van der Waals surface area contributed by atoms with Crippen molar-refractivity contribution in [3.05, 3.63) is 81.2 Å². The van der Waals surface area contributed by atoms with Crippen LogP contribution in [0.5, 0.6) is 0 Å². The minimum atomic E-state index is -4.71. The van der Waals surface area contributed by atoms with Crippen molar-refractivity contribution in [1.29, 1.82) is 0 Å². The minimum absolute atomic E-state index is 0.172. The van der Waals surface area contributed by atoms with Crippen LogP contribution >= 0.6 is 11.6 Å². The second-order valence-corrected chi connectivity index (χ2v) is 7.22. The van der Waals surface area contributed by atoms with E-state index in [1.807, 2.05) is 4.57 Å². The molecule has 160 valence electrons. The van der Waals surface area contributed by atoms with E-state index in [-0.39, 0.29) is 11.1 Å². The second-order valence-electron chi connectivity index (χ2n) is 6.83. The molecule has 0 fully saturated rings. The van der Waals surface area contributed by atoms with Crippen LogP contribution in [-0.4, -0.2) is 22.6 Å². The molecule has 0 unspecified atom stereocenters. The first-order chi connectivity index (χ1) is 14.6. The zero-order valence-electron chi connectivity index (χ0n) is 16.8. The van der Waals surface area contributed by atoms with Crippen LogP contribution in [0.2, 0.25) is 5.15 Å². The van der Waals surface area contributed by atoms with E-state index in [9.17, 15) is 18.0 Å². The predicted octanol–water partition coefficient (Wildman–Crippen LogP) is 6.22. The van der Waals surface area contributed by atoms with E-state index < -0.39 is 23.4 Å². The zero-order valence-corrected chi connectivity index (χ0v) is 17.6. The Bertz CT molecular complexity index is 1190. The van der Waals surface area contributed by atoms with Gasteiger partial charge in [-0.3, -0.25) is 0 Å². The van der Waals surface area contributed by atoms with E-state index in [0.717, 1.165) is 17.7 Å². The van der Waals surface area contributed by atoms with E-state index in [4.69, 9.17) is 22.9 Å². The zero-order chi connectivity index (χ0) is 22.9. The molecule has 0 N–H and O–H groups in total. The number of ether oxygens (including phenoxy) is 1. The normalized spacial score (nSPS) is 11.3. The largest absolute Gasteiger partial charge is 0.465 e. The van der Waals surface area contributed by atoms with Crippen molar-refractivity contribution in [3.8, 4) is 11.1 Å². The number of nitrogens with zero attached hydrogens (tertiary/aromatic N) is 3. The SMILES string of the molecule is [C-]#[N+]c1ccc(-c2c(C(=O)OC)c(C)n(Cc3ccc(Cl)nc3)c2C)cc1C(F)(F)F. The summed E-state index contributed by atoms with van der Waals surface area (Å²) in [5.41, 5.74) is 1.04. The van der Waals surface area contributed by atoms with E-state index in [1.165, 1.54) is 13.2 Å². The molecule has 31 heavy (non-hydrogen) atoms. The molecule has 3 aromatic rings. The number of carbonyl (C=O) groups excluding carboxylic acids is 1. The molecule has 2 aromatic heterocycles. The van der Waals surface area contributed by atoms with Gasteiger partial charge in [0.25, 0.3) is 0 Å². The Labute approximate surface area is 181 Å². The summed E-state index contributed by atoms with van der Waals surface area (Å²) in [5, 5.41) is 0.334. The standard InChI is InChI=1S/C22H17ClF3N3O2/c1-12-19(15-6-7-17(27-3)16(9-15)22(24,25)26)20(21(30)31-4)13(2)29(12)11-14-5-8-18(23)28-10-14/h5-10H,11H2,1-2,4H3. The first-order valence-corrected chi connectivity index (χ1v) is 9.43. The monoisotopic (exact) mass is 447 g/mol. The lowest BCUT2D eigenvalue weighted by Gasteiger charge is -2.13.